The fourth-order valence-corrected chi connectivity index (χ4v) is 6.39. The van der Waals surface area contributed by atoms with Gasteiger partial charge in [0.1, 0.15) is 0 Å². The molecule has 9 nitrogen and oxygen atoms in total. The van der Waals surface area contributed by atoms with Crippen molar-refractivity contribution >= 4 is 26.1 Å². The fraction of sp³-hybridized carbons (Fsp3) is 0.632. The summed E-state index contributed by atoms with van der Waals surface area (Å²) >= 11 is 0. The van der Waals surface area contributed by atoms with E-state index in [2.05, 4.69) is 0 Å². The van der Waals surface area contributed by atoms with Gasteiger partial charge in [0.05, 0.1) is 4.90 Å². The molecule has 1 amide bonds. The summed E-state index contributed by atoms with van der Waals surface area (Å²) in [5.41, 5.74) is 0.994. The van der Waals surface area contributed by atoms with Gasteiger partial charge >= 0.3 is 0 Å². The predicted octanol–water partition coefficient (Wildman–Crippen LogP) is 0.346. The van der Waals surface area contributed by atoms with Crippen molar-refractivity contribution in [2.24, 2.45) is 5.92 Å². The van der Waals surface area contributed by atoms with E-state index < -0.39 is 20.2 Å². The lowest BCUT2D eigenvalue weighted by Crippen LogP contribution is -2.53. The Balaban J connectivity index is 1.55. The van der Waals surface area contributed by atoms with Crippen LogP contribution in [0.5, 0.6) is 0 Å². The van der Waals surface area contributed by atoms with Crippen LogP contribution in [-0.2, 0) is 25.0 Å². The van der Waals surface area contributed by atoms with Crippen molar-refractivity contribution in [2.45, 2.75) is 24.7 Å². The van der Waals surface area contributed by atoms with E-state index in [9.17, 15) is 21.6 Å². The van der Waals surface area contributed by atoms with Gasteiger partial charge in [-0.3, -0.25) is 4.79 Å². The number of piperazine rings is 1. The Hall–Kier alpha value is -1.53. The van der Waals surface area contributed by atoms with Crippen molar-refractivity contribution in [1.82, 2.24) is 17.8 Å². The summed E-state index contributed by atoms with van der Waals surface area (Å²) in [7, 11) is -4.03. The highest BCUT2D eigenvalue weighted by Gasteiger charge is 2.36. The Morgan fingerprint density at radius 1 is 0.867 bits per heavy atom. The fourth-order valence-electron chi connectivity index (χ4n) is 3.83. The highest BCUT2D eigenvalue weighted by atomic mass is 32.2. The van der Waals surface area contributed by atoms with Crippen molar-refractivity contribution in [3.63, 3.8) is 0 Å². The predicted molar refractivity (Wildman–Crippen MR) is 113 cm³/mol. The topological polar surface area (TPSA) is 98.3 Å². The zero-order valence-electron chi connectivity index (χ0n) is 17.7. The minimum absolute atomic E-state index is 0.00992. The minimum Gasteiger partial charge on any atom is -0.340 e. The molecule has 168 valence electrons. The SMILES string of the molecule is Cc1ccc(S(=O)(=O)N2CCN(C(=O)C3CCN(S(=O)(=O)N(C)C)CC3)CC2)cc1. The van der Waals surface area contributed by atoms with Crippen molar-refractivity contribution in [1.29, 1.82) is 0 Å². The second kappa shape index (κ2) is 8.91. The van der Waals surface area contributed by atoms with Gasteiger partial charge in [-0.1, -0.05) is 17.7 Å². The van der Waals surface area contributed by atoms with E-state index in [-0.39, 0.29) is 29.8 Å². The van der Waals surface area contributed by atoms with E-state index in [1.54, 1.807) is 29.2 Å². The summed E-state index contributed by atoms with van der Waals surface area (Å²) in [4.78, 5) is 14.9. The minimum atomic E-state index is -3.57. The summed E-state index contributed by atoms with van der Waals surface area (Å²) in [6.45, 7) is 3.75. The first-order valence-electron chi connectivity index (χ1n) is 10.1. The molecule has 0 spiro atoms. The third-order valence-electron chi connectivity index (χ3n) is 5.80. The van der Waals surface area contributed by atoms with E-state index in [1.165, 1.54) is 27.0 Å². The average molecular weight is 459 g/mol. The van der Waals surface area contributed by atoms with Crippen LogP contribution in [0.3, 0.4) is 0 Å². The average Bonchev–Trinajstić information content (AvgIpc) is 2.73. The number of sulfonamides is 1. The summed E-state index contributed by atoms with van der Waals surface area (Å²) in [5, 5.41) is 0. The maximum Gasteiger partial charge on any atom is 0.281 e. The normalized spacial score (nSPS) is 20.6. The van der Waals surface area contributed by atoms with E-state index in [4.69, 9.17) is 0 Å². The molecule has 0 saturated carbocycles. The molecule has 1 aromatic carbocycles. The zero-order chi connectivity index (χ0) is 22.1. The van der Waals surface area contributed by atoms with E-state index >= 15 is 0 Å². The summed E-state index contributed by atoms with van der Waals surface area (Å²) < 4.78 is 54.1. The number of hydrogen-bond acceptors (Lipinski definition) is 5. The second-order valence-corrected chi connectivity index (χ2v) is 12.1. The summed E-state index contributed by atoms with van der Waals surface area (Å²) in [6, 6.07) is 6.76. The van der Waals surface area contributed by atoms with Crippen LogP contribution in [0.25, 0.3) is 0 Å². The van der Waals surface area contributed by atoms with E-state index in [0.29, 0.717) is 39.0 Å². The van der Waals surface area contributed by atoms with Crippen molar-refractivity contribution in [3.8, 4) is 0 Å². The maximum atomic E-state index is 12.9. The molecule has 0 aromatic heterocycles. The second-order valence-electron chi connectivity index (χ2n) is 8.01. The van der Waals surface area contributed by atoms with Crippen LogP contribution in [-0.4, -0.2) is 93.9 Å². The first kappa shape index (κ1) is 23.1. The molecule has 0 bridgehead atoms. The third-order valence-corrected chi connectivity index (χ3v) is 9.65. The Morgan fingerprint density at radius 2 is 1.40 bits per heavy atom. The van der Waals surface area contributed by atoms with Crippen LogP contribution in [0.4, 0.5) is 0 Å². The summed E-state index contributed by atoms with van der Waals surface area (Å²) in [5.74, 6) is -0.233. The van der Waals surface area contributed by atoms with Crippen LogP contribution >= 0.6 is 0 Å². The van der Waals surface area contributed by atoms with Gasteiger partial charge in [-0.25, -0.2) is 8.42 Å². The van der Waals surface area contributed by atoms with Gasteiger partial charge in [-0.2, -0.15) is 21.3 Å². The van der Waals surface area contributed by atoms with Gasteiger partial charge in [0.25, 0.3) is 10.2 Å². The quantitative estimate of drug-likeness (QED) is 0.634. The van der Waals surface area contributed by atoms with Crippen LogP contribution in [0.1, 0.15) is 18.4 Å². The van der Waals surface area contributed by atoms with Crippen LogP contribution in [0.15, 0.2) is 29.2 Å². The Kier molecular flexibility index (Phi) is 6.87. The molecular weight excluding hydrogens is 428 g/mol. The Bertz CT molecular complexity index is 961. The molecule has 3 rings (SSSR count). The first-order chi connectivity index (χ1) is 14.0. The van der Waals surface area contributed by atoms with Crippen molar-refractivity contribution in [2.75, 3.05) is 53.4 Å². The molecule has 2 aliphatic heterocycles. The number of amides is 1. The molecule has 2 fully saturated rings. The highest BCUT2D eigenvalue weighted by molar-refractivity contribution is 7.89. The number of carbonyl (C=O) groups excluding carboxylic acids is 1. The number of benzene rings is 1. The smallest absolute Gasteiger partial charge is 0.281 e. The zero-order valence-corrected chi connectivity index (χ0v) is 19.3. The summed E-state index contributed by atoms with van der Waals surface area (Å²) in [6.07, 6.45) is 0.960. The molecule has 0 aliphatic carbocycles. The van der Waals surface area contributed by atoms with Crippen molar-refractivity contribution in [3.05, 3.63) is 29.8 Å². The largest absolute Gasteiger partial charge is 0.340 e. The van der Waals surface area contributed by atoms with Crippen LogP contribution in [0.2, 0.25) is 0 Å². The molecule has 2 aliphatic rings. The highest BCUT2D eigenvalue weighted by Crippen LogP contribution is 2.24. The molecule has 30 heavy (non-hydrogen) atoms. The molecular formula is C19H30N4O5S2. The number of hydrogen-bond donors (Lipinski definition) is 0. The van der Waals surface area contributed by atoms with Crippen molar-refractivity contribution < 1.29 is 21.6 Å². The molecule has 2 heterocycles. The lowest BCUT2D eigenvalue weighted by Gasteiger charge is -2.38. The molecule has 1 aromatic rings. The number of aryl methyl sites for hydroxylation is 1. The molecule has 2 saturated heterocycles. The lowest BCUT2D eigenvalue weighted by atomic mass is 9.96. The monoisotopic (exact) mass is 458 g/mol. The molecule has 11 heteroatoms. The third kappa shape index (κ3) is 4.70. The molecule has 0 atom stereocenters. The number of carbonyl (C=O) groups is 1. The van der Waals surface area contributed by atoms with Gasteiger partial charge in [0, 0.05) is 59.3 Å². The van der Waals surface area contributed by atoms with Gasteiger partial charge in [0.15, 0.2) is 0 Å². The van der Waals surface area contributed by atoms with E-state index in [1.807, 2.05) is 6.92 Å². The number of piperidine rings is 1. The molecule has 0 N–H and O–H groups in total. The number of nitrogens with zero attached hydrogens (tertiary/aromatic N) is 4. The van der Waals surface area contributed by atoms with E-state index in [0.717, 1.165) is 5.56 Å². The van der Waals surface area contributed by atoms with Gasteiger partial charge in [-0.15, -0.1) is 0 Å². The van der Waals surface area contributed by atoms with Gasteiger partial charge in [-0.05, 0) is 31.9 Å². The standard InChI is InChI=1S/C19H30N4O5S2/c1-16-4-6-18(7-5-16)29(25,26)22-14-12-21(13-15-22)19(24)17-8-10-23(11-9-17)30(27,28)20(2)3/h4-7,17H,8-15H2,1-3H3. The lowest BCUT2D eigenvalue weighted by molar-refractivity contribution is -0.138. The van der Waals surface area contributed by atoms with Gasteiger partial charge < -0.3 is 4.90 Å². The van der Waals surface area contributed by atoms with Crippen LogP contribution in [0, 0.1) is 12.8 Å². The number of rotatable bonds is 5. The Labute approximate surface area is 179 Å². The van der Waals surface area contributed by atoms with Crippen LogP contribution < -0.4 is 0 Å². The molecule has 0 unspecified atom stereocenters. The Morgan fingerprint density at radius 3 is 1.90 bits per heavy atom. The van der Waals surface area contributed by atoms with Gasteiger partial charge in [0.2, 0.25) is 15.9 Å². The molecule has 0 radical (unpaired) electrons. The maximum absolute atomic E-state index is 12.9. The first-order valence-corrected chi connectivity index (χ1v) is 12.9.